The average molecular weight is 722 g/mol. The number of carbonyl (C=O) groups is 4. The van der Waals surface area contributed by atoms with Crippen LogP contribution in [0.4, 0.5) is 11.4 Å². The number of para-hydroxylation sites is 1. The predicted molar refractivity (Wildman–Crippen MR) is 194 cm³/mol. The number of benzene rings is 4. The second-order valence-electron chi connectivity index (χ2n) is 13.7. The summed E-state index contributed by atoms with van der Waals surface area (Å²) in [4.78, 5) is 61.4. The maximum Gasteiger partial charge on any atom is 0.246 e. The van der Waals surface area contributed by atoms with Gasteiger partial charge in [-0.3, -0.25) is 19.2 Å². The zero-order valence-electron chi connectivity index (χ0n) is 27.9. The summed E-state index contributed by atoms with van der Waals surface area (Å²) in [7, 11) is 0. The molecule has 0 spiro atoms. The van der Waals surface area contributed by atoms with Crippen molar-refractivity contribution in [3.63, 3.8) is 0 Å². The first kappa shape index (κ1) is 33.2. The van der Waals surface area contributed by atoms with Crippen LogP contribution in [-0.2, 0) is 24.6 Å². The summed E-state index contributed by atoms with van der Waals surface area (Å²) < 4.78 is 5.82. The molecule has 1 N–H and O–H groups in total. The molecule has 6 unspecified atom stereocenters. The summed E-state index contributed by atoms with van der Waals surface area (Å²) in [5.74, 6) is -5.41. The van der Waals surface area contributed by atoms with Crippen molar-refractivity contribution in [2.24, 2.45) is 23.7 Å². The van der Waals surface area contributed by atoms with Gasteiger partial charge in [-0.1, -0.05) is 89.4 Å². The van der Waals surface area contributed by atoms with E-state index in [0.29, 0.717) is 39.2 Å². The molecule has 2 saturated heterocycles. The highest BCUT2D eigenvalue weighted by Crippen LogP contribution is 2.65. The Kier molecular flexibility index (Phi) is 8.07. The fourth-order valence-corrected chi connectivity index (χ4v) is 9.47. The number of hydrogen-bond donors (Lipinski definition) is 1. The summed E-state index contributed by atoms with van der Waals surface area (Å²) >= 11 is 12.9. The zero-order chi connectivity index (χ0) is 35.8. The standard InChI is InChI=1S/C41H34Cl2N2O6/c1-3-51-33-14-8-13-29(36(33)46)35-27-17-18-28-34(39(49)44(37(28)47)26-16-15-22(2)32(43)20-26)30(27)21-31-38(48)45(25-12-7-11-24(42)19-25)40(50)41(31,35)23-9-5-4-6-10-23/h4-17,19-20,28,30-31,34-35,46H,3,18,21H2,1-2H3. The van der Waals surface area contributed by atoms with Gasteiger partial charge in [0.25, 0.3) is 0 Å². The molecule has 8 rings (SSSR count). The monoisotopic (exact) mass is 720 g/mol. The quantitative estimate of drug-likeness (QED) is 0.161. The van der Waals surface area contributed by atoms with Gasteiger partial charge >= 0.3 is 0 Å². The number of fused-ring (bicyclic) bond motifs is 4. The summed E-state index contributed by atoms with van der Waals surface area (Å²) in [6, 6.07) is 26.1. The van der Waals surface area contributed by atoms with Gasteiger partial charge in [0, 0.05) is 21.5 Å². The molecule has 1 saturated carbocycles. The summed E-state index contributed by atoms with van der Waals surface area (Å²) in [5.41, 5.74) is 1.76. The third kappa shape index (κ3) is 4.80. The molecule has 2 aliphatic carbocycles. The lowest BCUT2D eigenvalue weighted by Gasteiger charge is -2.50. The van der Waals surface area contributed by atoms with Crippen LogP contribution in [0.15, 0.2) is 103 Å². The number of anilines is 2. The van der Waals surface area contributed by atoms with Crippen molar-refractivity contribution in [3.05, 3.63) is 129 Å². The second kappa shape index (κ2) is 12.4. The van der Waals surface area contributed by atoms with E-state index in [1.807, 2.05) is 50.3 Å². The molecule has 4 aromatic carbocycles. The summed E-state index contributed by atoms with van der Waals surface area (Å²) in [6.07, 6.45) is 2.34. The number of rotatable bonds is 6. The largest absolute Gasteiger partial charge is 0.504 e. The maximum atomic E-state index is 15.4. The van der Waals surface area contributed by atoms with Gasteiger partial charge in [0.1, 0.15) is 0 Å². The number of nitrogens with zero attached hydrogens (tertiary/aromatic N) is 2. The summed E-state index contributed by atoms with van der Waals surface area (Å²) in [5, 5.41) is 12.7. The van der Waals surface area contributed by atoms with Crippen molar-refractivity contribution in [2.45, 2.75) is 38.0 Å². The van der Waals surface area contributed by atoms with Crippen LogP contribution in [0.2, 0.25) is 10.0 Å². The van der Waals surface area contributed by atoms with Crippen molar-refractivity contribution >= 4 is 58.2 Å². The number of amides is 4. The third-order valence-electron chi connectivity index (χ3n) is 11.2. The zero-order valence-corrected chi connectivity index (χ0v) is 29.4. The van der Waals surface area contributed by atoms with Crippen molar-refractivity contribution in [1.82, 2.24) is 0 Å². The molecule has 6 atom stereocenters. The molecule has 0 radical (unpaired) electrons. The molecule has 8 nitrogen and oxygen atoms in total. The second-order valence-corrected chi connectivity index (χ2v) is 14.5. The molecule has 0 aromatic heterocycles. The van der Waals surface area contributed by atoms with Crippen molar-refractivity contribution in [2.75, 3.05) is 16.4 Å². The first-order valence-electron chi connectivity index (χ1n) is 17.1. The number of phenolic OH excluding ortho intramolecular Hbond substituents is 1. The van der Waals surface area contributed by atoms with Gasteiger partial charge in [-0.05, 0) is 80.1 Å². The Labute approximate surface area is 305 Å². The van der Waals surface area contributed by atoms with E-state index in [-0.39, 0.29) is 36.2 Å². The molecule has 4 amide bonds. The minimum atomic E-state index is -1.52. The molecular formula is C41H34Cl2N2O6. The highest BCUT2D eigenvalue weighted by molar-refractivity contribution is 6.33. The van der Waals surface area contributed by atoms with E-state index < -0.39 is 46.8 Å². The minimum Gasteiger partial charge on any atom is -0.504 e. The van der Waals surface area contributed by atoms with Crippen molar-refractivity contribution < 1.29 is 29.0 Å². The Bertz CT molecular complexity index is 2170. The van der Waals surface area contributed by atoms with E-state index in [0.717, 1.165) is 11.1 Å². The van der Waals surface area contributed by atoms with Gasteiger partial charge < -0.3 is 9.84 Å². The molecule has 258 valence electrons. The SMILES string of the molecule is CCOc1cccc(C2C3=CCC4C(=O)N(c5ccc(C)c(Cl)c5)C(=O)C4C3CC3C(=O)N(c4cccc(Cl)c4)C(=O)C32c2ccccc2)c1O. The van der Waals surface area contributed by atoms with Crippen LogP contribution in [0.5, 0.6) is 11.5 Å². The van der Waals surface area contributed by atoms with Crippen LogP contribution in [0, 0.1) is 30.6 Å². The lowest BCUT2D eigenvalue weighted by Crippen LogP contribution is -2.53. The van der Waals surface area contributed by atoms with E-state index >= 15 is 4.79 Å². The smallest absolute Gasteiger partial charge is 0.246 e. The lowest BCUT2D eigenvalue weighted by atomic mass is 9.49. The van der Waals surface area contributed by atoms with Crippen LogP contribution < -0.4 is 14.5 Å². The Morgan fingerprint density at radius 1 is 0.824 bits per heavy atom. The lowest BCUT2D eigenvalue weighted by molar-refractivity contribution is -0.127. The van der Waals surface area contributed by atoms with Gasteiger partial charge in [0.2, 0.25) is 23.6 Å². The number of aromatic hydroxyl groups is 1. The van der Waals surface area contributed by atoms with Gasteiger partial charge in [-0.25, -0.2) is 9.80 Å². The molecule has 0 bridgehead atoms. The van der Waals surface area contributed by atoms with E-state index in [1.165, 1.54) is 9.80 Å². The number of phenols is 1. The number of hydrogen-bond acceptors (Lipinski definition) is 6. The van der Waals surface area contributed by atoms with Gasteiger partial charge in [-0.2, -0.15) is 0 Å². The number of halogens is 2. The van der Waals surface area contributed by atoms with Crippen LogP contribution in [0.1, 0.15) is 42.4 Å². The van der Waals surface area contributed by atoms with Gasteiger partial charge in [-0.15, -0.1) is 0 Å². The minimum absolute atomic E-state index is 0.132. The molecule has 2 heterocycles. The number of ether oxygens (including phenoxy) is 1. The molecular weight excluding hydrogens is 687 g/mol. The molecule has 4 aliphatic rings. The Balaban J connectivity index is 1.36. The first-order valence-corrected chi connectivity index (χ1v) is 17.8. The molecule has 2 aliphatic heterocycles. The molecule has 4 aromatic rings. The highest BCUT2D eigenvalue weighted by Gasteiger charge is 2.70. The molecule has 3 fully saturated rings. The van der Waals surface area contributed by atoms with Crippen molar-refractivity contribution in [3.8, 4) is 11.5 Å². The van der Waals surface area contributed by atoms with Crippen LogP contribution in [0.3, 0.4) is 0 Å². The fourth-order valence-electron chi connectivity index (χ4n) is 9.11. The van der Waals surface area contributed by atoms with Crippen LogP contribution in [-0.4, -0.2) is 35.3 Å². The Morgan fingerprint density at radius 2 is 1.57 bits per heavy atom. The number of aryl methyl sites for hydroxylation is 1. The first-order chi connectivity index (χ1) is 24.6. The van der Waals surface area contributed by atoms with Gasteiger partial charge in [0.15, 0.2) is 11.5 Å². The van der Waals surface area contributed by atoms with E-state index in [9.17, 15) is 19.5 Å². The summed E-state index contributed by atoms with van der Waals surface area (Å²) in [6.45, 7) is 3.95. The average Bonchev–Trinajstić information content (AvgIpc) is 3.51. The van der Waals surface area contributed by atoms with Crippen molar-refractivity contribution in [1.29, 1.82) is 0 Å². The normalized spacial score (nSPS) is 26.9. The number of carbonyl (C=O) groups excluding carboxylic acids is 4. The fraction of sp³-hybridized carbons (Fsp3) is 0.268. The Morgan fingerprint density at radius 3 is 2.29 bits per heavy atom. The number of allylic oxidation sites excluding steroid dienone is 2. The molecule has 10 heteroatoms. The predicted octanol–water partition coefficient (Wildman–Crippen LogP) is 7.77. The third-order valence-corrected chi connectivity index (χ3v) is 11.9. The molecule has 51 heavy (non-hydrogen) atoms. The maximum absolute atomic E-state index is 15.4. The van der Waals surface area contributed by atoms with Gasteiger partial charge in [0.05, 0.1) is 41.2 Å². The Hall–Kier alpha value is -4.92. The van der Waals surface area contributed by atoms with Crippen LogP contribution >= 0.6 is 23.2 Å². The topological polar surface area (TPSA) is 104 Å². The van der Waals surface area contributed by atoms with Crippen LogP contribution in [0.25, 0.3) is 0 Å². The van der Waals surface area contributed by atoms with E-state index in [2.05, 4.69) is 0 Å². The van der Waals surface area contributed by atoms with E-state index in [1.54, 1.807) is 60.7 Å². The number of imide groups is 2. The highest BCUT2D eigenvalue weighted by atomic mass is 35.5. The van der Waals surface area contributed by atoms with E-state index in [4.69, 9.17) is 27.9 Å².